The molecule has 0 aromatic rings. The summed E-state index contributed by atoms with van der Waals surface area (Å²) in [5.41, 5.74) is 6.14. The lowest BCUT2D eigenvalue weighted by Gasteiger charge is -2.43. The summed E-state index contributed by atoms with van der Waals surface area (Å²) in [7, 11) is 0. The predicted molar refractivity (Wildman–Crippen MR) is 76.7 cm³/mol. The molecule has 0 saturated carbocycles. The van der Waals surface area contributed by atoms with Crippen molar-refractivity contribution in [1.82, 2.24) is 10.2 Å². The third kappa shape index (κ3) is 4.84. The fourth-order valence-electron chi connectivity index (χ4n) is 2.69. The summed E-state index contributed by atoms with van der Waals surface area (Å²) in [4.78, 5) is 2.53. The van der Waals surface area contributed by atoms with Gasteiger partial charge < -0.3 is 21.1 Å². The van der Waals surface area contributed by atoms with E-state index in [1.807, 2.05) is 0 Å². The highest BCUT2D eigenvalue weighted by atomic mass is 16.2. The molecule has 1 saturated heterocycles. The molecule has 1 fully saturated rings. The Morgan fingerprint density at radius 1 is 1.22 bits per heavy atom. The maximum Gasteiger partial charge on any atom is 0.0431 e. The zero-order chi connectivity index (χ0) is 13.4. The Labute approximate surface area is 112 Å². The van der Waals surface area contributed by atoms with Crippen molar-refractivity contribution in [3.8, 4) is 0 Å². The van der Waals surface area contributed by atoms with Crippen LogP contribution in [0.25, 0.3) is 0 Å². The minimum Gasteiger partial charge on any atom is -0.396 e. The Bertz CT molecular complexity index is 213. The van der Waals surface area contributed by atoms with Crippen molar-refractivity contribution in [3.05, 3.63) is 0 Å². The number of likely N-dealkylation sites (tertiary alicyclic amines) is 1. The molecule has 18 heavy (non-hydrogen) atoms. The van der Waals surface area contributed by atoms with Crippen molar-refractivity contribution in [2.75, 3.05) is 32.8 Å². The SMILES string of the molecule is CC(C)N1CCC(CN)(NCCCCCO)CC1. The van der Waals surface area contributed by atoms with E-state index in [1.54, 1.807) is 0 Å². The molecule has 4 N–H and O–H groups in total. The van der Waals surface area contributed by atoms with Crippen LogP contribution in [0.2, 0.25) is 0 Å². The molecule has 108 valence electrons. The molecule has 0 spiro atoms. The first-order chi connectivity index (χ1) is 8.63. The third-order valence-corrected chi connectivity index (χ3v) is 4.21. The van der Waals surface area contributed by atoms with Crippen molar-refractivity contribution >= 4 is 0 Å². The molecule has 0 bridgehead atoms. The van der Waals surface area contributed by atoms with Gasteiger partial charge in [-0.2, -0.15) is 0 Å². The summed E-state index contributed by atoms with van der Waals surface area (Å²) in [5.74, 6) is 0. The zero-order valence-corrected chi connectivity index (χ0v) is 12.1. The van der Waals surface area contributed by atoms with E-state index in [1.165, 1.54) is 0 Å². The molecule has 0 aromatic heterocycles. The van der Waals surface area contributed by atoms with E-state index in [4.69, 9.17) is 10.8 Å². The Hall–Kier alpha value is -0.160. The van der Waals surface area contributed by atoms with Gasteiger partial charge in [0.2, 0.25) is 0 Å². The third-order valence-electron chi connectivity index (χ3n) is 4.21. The number of nitrogens with one attached hydrogen (secondary N) is 1. The second-order valence-electron chi connectivity index (χ2n) is 5.83. The predicted octanol–water partition coefficient (Wildman–Crippen LogP) is 0.940. The number of hydrogen-bond acceptors (Lipinski definition) is 4. The molecular weight excluding hydrogens is 226 g/mol. The molecule has 0 aromatic carbocycles. The van der Waals surface area contributed by atoms with E-state index in [2.05, 4.69) is 24.1 Å². The van der Waals surface area contributed by atoms with Gasteiger partial charge in [-0.15, -0.1) is 0 Å². The first kappa shape index (κ1) is 15.9. The lowest BCUT2D eigenvalue weighted by molar-refractivity contribution is 0.114. The highest BCUT2D eigenvalue weighted by molar-refractivity contribution is 4.94. The summed E-state index contributed by atoms with van der Waals surface area (Å²) in [6, 6.07) is 0.644. The Morgan fingerprint density at radius 2 is 1.89 bits per heavy atom. The molecule has 0 radical (unpaired) electrons. The number of hydrogen-bond donors (Lipinski definition) is 3. The minimum absolute atomic E-state index is 0.157. The topological polar surface area (TPSA) is 61.5 Å². The number of rotatable bonds is 8. The largest absolute Gasteiger partial charge is 0.396 e. The quantitative estimate of drug-likeness (QED) is 0.566. The zero-order valence-electron chi connectivity index (χ0n) is 12.1. The monoisotopic (exact) mass is 257 g/mol. The number of aliphatic hydroxyl groups is 1. The molecule has 0 atom stereocenters. The molecular formula is C14H31N3O. The number of piperidine rings is 1. The fraction of sp³-hybridized carbons (Fsp3) is 1.00. The second kappa shape index (κ2) is 8.10. The van der Waals surface area contributed by atoms with E-state index >= 15 is 0 Å². The summed E-state index contributed by atoms with van der Waals surface area (Å²) >= 11 is 0. The van der Waals surface area contributed by atoms with Gasteiger partial charge in [0.25, 0.3) is 0 Å². The van der Waals surface area contributed by atoms with E-state index < -0.39 is 0 Å². The van der Waals surface area contributed by atoms with Crippen molar-refractivity contribution in [2.24, 2.45) is 5.73 Å². The van der Waals surface area contributed by atoms with Gasteiger partial charge in [-0.25, -0.2) is 0 Å². The van der Waals surface area contributed by atoms with Crippen LogP contribution in [0.5, 0.6) is 0 Å². The van der Waals surface area contributed by atoms with Gasteiger partial charge in [-0.05, 0) is 52.5 Å². The van der Waals surface area contributed by atoms with Crippen LogP contribution in [0, 0.1) is 0 Å². The van der Waals surface area contributed by atoms with Crippen molar-refractivity contribution in [3.63, 3.8) is 0 Å². The standard InChI is InChI=1S/C14H31N3O/c1-13(2)17-9-6-14(12-15,7-10-17)16-8-4-3-5-11-18/h13,16,18H,3-12,15H2,1-2H3. The van der Waals surface area contributed by atoms with Crippen LogP contribution >= 0.6 is 0 Å². The van der Waals surface area contributed by atoms with Gasteiger partial charge in [0.15, 0.2) is 0 Å². The average Bonchev–Trinajstić information content (AvgIpc) is 2.39. The Kier molecular flexibility index (Phi) is 7.15. The molecule has 1 rings (SSSR count). The van der Waals surface area contributed by atoms with Crippen LogP contribution in [0.15, 0.2) is 0 Å². The van der Waals surface area contributed by atoms with Crippen molar-refractivity contribution < 1.29 is 5.11 Å². The number of aliphatic hydroxyl groups excluding tert-OH is 1. The smallest absolute Gasteiger partial charge is 0.0431 e. The molecule has 4 nitrogen and oxygen atoms in total. The van der Waals surface area contributed by atoms with E-state index in [0.29, 0.717) is 12.6 Å². The second-order valence-corrected chi connectivity index (χ2v) is 5.83. The molecule has 1 aliphatic rings. The summed E-state index contributed by atoms with van der Waals surface area (Å²) in [6.07, 6.45) is 5.46. The number of nitrogens with two attached hydrogens (primary N) is 1. The van der Waals surface area contributed by atoms with Crippen molar-refractivity contribution in [2.45, 2.75) is 57.5 Å². The average molecular weight is 257 g/mol. The minimum atomic E-state index is 0.157. The molecule has 1 aliphatic heterocycles. The summed E-state index contributed by atoms with van der Waals surface area (Å²) in [5, 5.41) is 12.4. The van der Waals surface area contributed by atoms with E-state index in [0.717, 1.165) is 58.3 Å². The number of unbranched alkanes of at least 4 members (excludes halogenated alkanes) is 2. The lowest BCUT2D eigenvalue weighted by Crippen LogP contribution is -2.58. The molecule has 0 amide bonds. The fourth-order valence-corrected chi connectivity index (χ4v) is 2.69. The summed E-state index contributed by atoms with van der Waals surface area (Å²) < 4.78 is 0. The molecule has 0 unspecified atom stereocenters. The van der Waals surface area contributed by atoms with Crippen LogP contribution in [0.4, 0.5) is 0 Å². The Balaban J connectivity index is 2.27. The first-order valence-corrected chi connectivity index (χ1v) is 7.43. The van der Waals surface area contributed by atoms with Crippen LogP contribution in [-0.4, -0.2) is 54.4 Å². The van der Waals surface area contributed by atoms with E-state index in [-0.39, 0.29) is 5.54 Å². The van der Waals surface area contributed by atoms with Gasteiger partial charge in [0, 0.05) is 37.8 Å². The highest BCUT2D eigenvalue weighted by Crippen LogP contribution is 2.22. The Morgan fingerprint density at radius 3 is 2.39 bits per heavy atom. The lowest BCUT2D eigenvalue weighted by atomic mass is 9.87. The van der Waals surface area contributed by atoms with Gasteiger partial charge in [-0.3, -0.25) is 0 Å². The van der Waals surface area contributed by atoms with Gasteiger partial charge in [-0.1, -0.05) is 0 Å². The summed E-state index contributed by atoms with van der Waals surface area (Å²) in [6.45, 7) is 8.90. The van der Waals surface area contributed by atoms with Crippen LogP contribution < -0.4 is 11.1 Å². The van der Waals surface area contributed by atoms with E-state index in [9.17, 15) is 0 Å². The molecule has 0 aliphatic carbocycles. The normalized spacial score (nSPS) is 20.5. The van der Waals surface area contributed by atoms with Crippen LogP contribution in [-0.2, 0) is 0 Å². The maximum absolute atomic E-state index is 8.75. The van der Waals surface area contributed by atoms with Crippen LogP contribution in [0.3, 0.4) is 0 Å². The molecule has 1 heterocycles. The number of nitrogens with zero attached hydrogens (tertiary/aromatic N) is 1. The van der Waals surface area contributed by atoms with Crippen LogP contribution in [0.1, 0.15) is 46.0 Å². The highest BCUT2D eigenvalue weighted by Gasteiger charge is 2.33. The first-order valence-electron chi connectivity index (χ1n) is 7.43. The van der Waals surface area contributed by atoms with Gasteiger partial charge >= 0.3 is 0 Å². The molecule has 4 heteroatoms. The maximum atomic E-state index is 8.75. The van der Waals surface area contributed by atoms with Gasteiger partial charge in [0.05, 0.1) is 0 Å². The van der Waals surface area contributed by atoms with Gasteiger partial charge in [0.1, 0.15) is 0 Å². The van der Waals surface area contributed by atoms with Crippen molar-refractivity contribution in [1.29, 1.82) is 0 Å².